The molecule has 2 N–H and O–H groups in total. The SMILES string of the molecule is COCCCNC(=O)c1cnc(Nc2ccc(Oc3ccccc3)cc2)nc1. The Labute approximate surface area is 163 Å². The minimum Gasteiger partial charge on any atom is -0.457 e. The molecule has 28 heavy (non-hydrogen) atoms. The highest BCUT2D eigenvalue weighted by Crippen LogP contribution is 2.23. The number of benzene rings is 2. The van der Waals surface area contributed by atoms with Crippen molar-refractivity contribution in [2.75, 3.05) is 25.6 Å². The second-order valence-corrected chi connectivity index (χ2v) is 5.96. The van der Waals surface area contributed by atoms with Gasteiger partial charge in [-0.15, -0.1) is 0 Å². The Morgan fingerprint density at radius 1 is 0.964 bits per heavy atom. The van der Waals surface area contributed by atoms with E-state index in [0.717, 1.165) is 23.6 Å². The van der Waals surface area contributed by atoms with Crippen molar-refractivity contribution in [1.82, 2.24) is 15.3 Å². The zero-order valence-electron chi connectivity index (χ0n) is 15.6. The molecule has 144 valence electrons. The first-order valence-electron chi connectivity index (χ1n) is 8.94. The second kappa shape index (κ2) is 10.0. The van der Waals surface area contributed by atoms with E-state index >= 15 is 0 Å². The van der Waals surface area contributed by atoms with Crippen molar-refractivity contribution >= 4 is 17.5 Å². The number of carbonyl (C=O) groups is 1. The van der Waals surface area contributed by atoms with Crippen LogP contribution < -0.4 is 15.4 Å². The summed E-state index contributed by atoms with van der Waals surface area (Å²) < 4.78 is 10.7. The first-order chi connectivity index (χ1) is 13.7. The number of para-hydroxylation sites is 1. The number of nitrogens with one attached hydrogen (secondary N) is 2. The quantitative estimate of drug-likeness (QED) is 0.551. The molecule has 7 heteroatoms. The van der Waals surface area contributed by atoms with E-state index in [2.05, 4.69) is 20.6 Å². The zero-order chi connectivity index (χ0) is 19.6. The first kappa shape index (κ1) is 19.3. The van der Waals surface area contributed by atoms with Crippen LogP contribution in [0.3, 0.4) is 0 Å². The Morgan fingerprint density at radius 3 is 2.32 bits per heavy atom. The molecule has 2 aromatic carbocycles. The summed E-state index contributed by atoms with van der Waals surface area (Å²) in [5.41, 5.74) is 1.23. The summed E-state index contributed by atoms with van der Waals surface area (Å²) in [5, 5.41) is 5.89. The summed E-state index contributed by atoms with van der Waals surface area (Å²) in [4.78, 5) is 20.4. The third-order valence-corrected chi connectivity index (χ3v) is 3.81. The number of ether oxygens (including phenoxy) is 2. The van der Waals surface area contributed by atoms with Gasteiger partial charge in [-0.05, 0) is 42.8 Å². The lowest BCUT2D eigenvalue weighted by atomic mass is 10.3. The number of nitrogens with zero attached hydrogens (tertiary/aromatic N) is 2. The van der Waals surface area contributed by atoms with Crippen molar-refractivity contribution in [3.8, 4) is 11.5 Å². The Balaban J connectivity index is 1.53. The van der Waals surface area contributed by atoms with Gasteiger partial charge in [0.25, 0.3) is 5.91 Å². The third kappa shape index (κ3) is 5.78. The van der Waals surface area contributed by atoms with Gasteiger partial charge in [-0.1, -0.05) is 18.2 Å². The number of hydrogen-bond donors (Lipinski definition) is 2. The number of anilines is 2. The summed E-state index contributed by atoms with van der Waals surface area (Å²) in [6.07, 6.45) is 3.74. The van der Waals surface area contributed by atoms with Gasteiger partial charge in [0.15, 0.2) is 0 Å². The van der Waals surface area contributed by atoms with Gasteiger partial charge in [0, 0.05) is 38.3 Å². The molecule has 0 saturated carbocycles. The molecule has 0 aliphatic heterocycles. The summed E-state index contributed by atoms with van der Waals surface area (Å²) in [5.74, 6) is 1.72. The second-order valence-electron chi connectivity index (χ2n) is 5.96. The van der Waals surface area contributed by atoms with Gasteiger partial charge >= 0.3 is 0 Å². The summed E-state index contributed by atoms with van der Waals surface area (Å²) in [7, 11) is 1.63. The molecule has 0 spiro atoms. The molecule has 7 nitrogen and oxygen atoms in total. The summed E-state index contributed by atoms with van der Waals surface area (Å²) >= 11 is 0. The fourth-order valence-corrected chi connectivity index (χ4v) is 2.39. The highest BCUT2D eigenvalue weighted by Gasteiger charge is 2.07. The van der Waals surface area contributed by atoms with E-state index in [1.54, 1.807) is 7.11 Å². The van der Waals surface area contributed by atoms with Gasteiger partial charge in [0.2, 0.25) is 5.95 Å². The van der Waals surface area contributed by atoms with E-state index in [9.17, 15) is 4.79 Å². The van der Waals surface area contributed by atoms with Crippen molar-refractivity contribution in [2.24, 2.45) is 0 Å². The van der Waals surface area contributed by atoms with E-state index < -0.39 is 0 Å². The van der Waals surface area contributed by atoms with Crippen molar-refractivity contribution < 1.29 is 14.3 Å². The standard InChI is InChI=1S/C21H22N4O3/c1-27-13-5-12-22-20(26)16-14-23-21(24-15-16)25-17-8-10-19(11-9-17)28-18-6-3-2-4-7-18/h2-4,6-11,14-15H,5,12-13H2,1H3,(H,22,26)(H,23,24,25). The van der Waals surface area contributed by atoms with Crippen LogP contribution in [0, 0.1) is 0 Å². The lowest BCUT2D eigenvalue weighted by Crippen LogP contribution is -2.25. The van der Waals surface area contributed by atoms with E-state index in [0.29, 0.717) is 24.7 Å². The molecule has 0 aliphatic rings. The van der Waals surface area contributed by atoms with Crippen LogP contribution in [0.15, 0.2) is 67.0 Å². The highest BCUT2D eigenvalue weighted by atomic mass is 16.5. The van der Waals surface area contributed by atoms with E-state index in [-0.39, 0.29) is 5.91 Å². The molecule has 0 unspecified atom stereocenters. The maximum Gasteiger partial charge on any atom is 0.254 e. The van der Waals surface area contributed by atoms with Gasteiger partial charge in [-0.25, -0.2) is 9.97 Å². The molecule has 0 radical (unpaired) electrons. The largest absolute Gasteiger partial charge is 0.457 e. The number of carbonyl (C=O) groups excluding carboxylic acids is 1. The average Bonchev–Trinajstić information content (AvgIpc) is 2.74. The van der Waals surface area contributed by atoms with Crippen LogP contribution in [0.2, 0.25) is 0 Å². The number of hydrogen-bond acceptors (Lipinski definition) is 6. The van der Waals surface area contributed by atoms with Crippen molar-refractivity contribution in [2.45, 2.75) is 6.42 Å². The van der Waals surface area contributed by atoms with Crippen molar-refractivity contribution in [3.63, 3.8) is 0 Å². The predicted octanol–water partition coefficient (Wildman–Crippen LogP) is 3.78. The van der Waals surface area contributed by atoms with Crippen LogP contribution in [0.4, 0.5) is 11.6 Å². The Hall–Kier alpha value is -3.45. The molecular formula is C21H22N4O3. The molecule has 0 aliphatic carbocycles. The smallest absolute Gasteiger partial charge is 0.254 e. The number of methoxy groups -OCH3 is 1. The molecule has 3 aromatic rings. The highest BCUT2D eigenvalue weighted by molar-refractivity contribution is 5.93. The minimum atomic E-state index is -0.204. The van der Waals surface area contributed by atoms with E-state index in [1.807, 2.05) is 54.6 Å². The Bertz CT molecular complexity index is 868. The lowest BCUT2D eigenvalue weighted by molar-refractivity contribution is 0.0948. The third-order valence-electron chi connectivity index (χ3n) is 3.81. The van der Waals surface area contributed by atoms with Crippen LogP contribution >= 0.6 is 0 Å². The zero-order valence-corrected chi connectivity index (χ0v) is 15.6. The number of rotatable bonds is 9. The molecule has 0 fully saturated rings. The van der Waals surface area contributed by atoms with Gasteiger partial charge in [-0.3, -0.25) is 4.79 Å². The Morgan fingerprint density at radius 2 is 1.64 bits per heavy atom. The van der Waals surface area contributed by atoms with E-state index in [4.69, 9.17) is 9.47 Å². The molecule has 0 bridgehead atoms. The van der Waals surface area contributed by atoms with Crippen molar-refractivity contribution in [3.05, 3.63) is 72.6 Å². The molecule has 1 amide bonds. The average molecular weight is 378 g/mol. The normalized spacial score (nSPS) is 10.3. The monoisotopic (exact) mass is 378 g/mol. The van der Waals surface area contributed by atoms with Gasteiger partial charge in [0.1, 0.15) is 11.5 Å². The molecule has 1 heterocycles. The predicted molar refractivity (Wildman–Crippen MR) is 107 cm³/mol. The molecule has 1 aromatic heterocycles. The number of aromatic nitrogens is 2. The van der Waals surface area contributed by atoms with Crippen LogP contribution in [0.1, 0.15) is 16.8 Å². The fourth-order valence-electron chi connectivity index (χ4n) is 2.39. The Kier molecular flexibility index (Phi) is 6.92. The lowest BCUT2D eigenvalue weighted by Gasteiger charge is -2.08. The number of amides is 1. The van der Waals surface area contributed by atoms with Gasteiger partial charge in [0.05, 0.1) is 5.56 Å². The first-order valence-corrected chi connectivity index (χ1v) is 8.94. The topological polar surface area (TPSA) is 85.4 Å². The van der Waals surface area contributed by atoms with Crippen LogP contribution in [-0.4, -0.2) is 36.1 Å². The van der Waals surface area contributed by atoms with Crippen LogP contribution in [-0.2, 0) is 4.74 Å². The molecule has 3 rings (SSSR count). The van der Waals surface area contributed by atoms with Gasteiger partial charge in [-0.2, -0.15) is 0 Å². The van der Waals surface area contributed by atoms with Crippen LogP contribution in [0.5, 0.6) is 11.5 Å². The summed E-state index contributed by atoms with van der Waals surface area (Å²) in [6, 6.07) is 17.0. The van der Waals surface area contributed by atoms with E-state index in [1.165, 1.54) is 12.4 Å². The fraction of sp³-hybridized carbons (Fsp3) is 0.190. The van der Waals surface area contributed by atoms with Gasteiger partial charge < -0.3 is 20.1 Å². The molecule has 0 saturated heterocycles. The minimum absolute atomic E-state index is 0.204. The maximum absolute atomic E-state index is 12.0. The van der Waals surface area contributed by atoms with Crippen LogP contribution in [0.25, 0.3) is 0 Å². The molecule has 0 atom stereocenters. The molecular weight excluding hydrogens is 356 g/mol. The maximum atomic E-state index is 12.0. The van der Waals surface area contributed by atoms with Crippen molar-refractivity contribution in [1.29, 1.82) is 0 Å². The summed E-state index contributed by atoms with van der Waals surface area (Å²) in [6.45, 7) is 1.15.